The number of fused-ring (bicyclic) bond motifs is 7. The summed E-state index contributed by atoms with van der Waals surface area (Å²) in [5, 5.41) is 13.5. The van der Waals surface area contributed by atoms with Gasteiger partial charge in [0, 0.05) is 72.6 Å². The number of aliphatic hydroxyl groups excluding tert-OH is 1. The topological polar surface area (TPSA) is 132 Å². The van der Waals surface area contributed by atoms with E-state index in [2.05, 4.69) is 52.7 Å². The lowest BCUT2D eigenvalue weighted by molar-refractivity contribution is -0.835. The monoisotopic (exact) mass is 785 g/mol. The summed E-state index contributed by atoms with van der Waals surface area (Å²) < 4.78 is 31.2. The van der Waals surface area contributed by atoms with Crippen LogP contribution in [-0.2, 0) is 29.0 Å². The number of nitrogens with two attached hydrogens (primary N) is 1. The van der Waals surface area contributed by atoms with Crippen LogP contribution < -0.4 is 16.1 Å². The van der Waals surface area contributed by atoms with Crippen molar-refractivity contribution in [2.24, 2.45) is 11.1 Å². The molecule has 57 heavy (non-hydrogen) atoms. The molecule has 0 spiro atoms. The van der Waals surface area contributed by atoms with E-state index in [1.807, 2.05) is 24.4 Å². The number of carbonyl (C=O) groups excluding carboxylic acids is 1. The third-order valence-corrected chi connectivity index (χ3v) is 12.3. The number of aryl methyl sites for hydroxylation is 1. The molecule has 1 amide bonds. The molecule has 2 aromatic heterocycles. The molecule has 0 aliphatic carbocycles. The number of alkyl halides is 2. The molecule has 12 nitrogen and oxygen atoms in total. The average molecular weight is 786 g/mol. The number of nitrogens with zero attached hydrogens (tertiary/aromatic N) is 6. The number of benzene rings is 2. The lowest BCUT2D eigenvalue weighted by Gasteiger charge is -2.39. The van der Waals surface area contributed by atoms with Gasteiger partial charge in [-0.25, -0.2) is 13.6 Å². The number of pyridine rings is 1. The number of hydrazine groups is 1. The van der Waals surface area contributed by atoms with Gasteiger partial charge in [0.2, 0.25) is 4.92 Å². The molecule has 4 N–H and O–H groups in total. The number of nitrogens with one attached hydrogen (secondary N) is 1. The number of anilines is 1. The zero-order valence-electron chi connectivity index (χ0n) is 33.4. The van der Waals surface area contributed by atoms with E-state index in [1.54, 1.807) is 6.92 Å². The van der Waals surface area contributed by atoms with Gasteiger partial charge in [0.05, 0.1) is 40.3 Å². The van der Waals surface area contributed by atoms with Crippen molar-refractivity contribution in [2.45, 2.75) is 104 Å². The molecular weight excluding hydrogens is 731 g/mol. The van der Waals surface area contributed by atoms with Gasteiger partial charge in [0.15, 0.2) is 6.61 Å². The Bertz CT molecular complexity index is 2170. The standard InChI is InChI=1S/C43H55F2N8O4/c1-5-51-37-11-10-28-20-33(37)35(40(51)34-21-32(23-47-39(34)26(2)54)50-15-14-49-12-6-8-31(49)24-50)22-43(3,4)25-57-53(56)38-9-7-13-52(48-38)42(55)36(46)18-27-16-29(28)19-30(17-27)41(44)45/h10-11,16-17,19-21,23,26,31,36,38,41,48,54H,5-9,12-15,18,22,24-25,46H2,1-4H3/q+1/t26-,31+,36-,38+/m0/s1. The third-order valence-electron chi connectivity index (χ3n) is 12.3. The summed E-state index contributed by atoms with van der Waals surface area (Å²) in [6.07, 6.45) is 1.41. The number of hydrogen-bond acceptors (Lipinski definition) is 9. The average Bonchev–Trinajstić information content (AvgIpc) is 3.80. The van der Waals surface area contributed by atoms with E-state index < -0.39 is 36.1 Å². The molecule has 4 aromatic rings. The maximum Gasteiger partial charge on any atom is 0.326 e. The van der Waals surface area contributed by atoms with E-state index in [0.29, 0.717) is 60.1 Å². The molecule has 0 radical (unpaired) electrons. The number of aromatic nitrogens is 2. The second-order valence-electron chi connectivity index (χ2n) is 17.1. The van der Waals surface area contributed by atoms with Gasteiger partial charge in [-0.2, -0.15) is 5.43 Å². The number of amides is 1. The van der Waals surface area contributed by atoms with Crippen molar-refractivity contribution in [3.63, 3.8) is 0 Å². The second-order valence-corrected chi connectivity index (χ2v) is 17.1. The van der Waals surface area contributed by atoms with Crippen LogP contribution in [0.1, 0.15) is 88.3 Å². The molecule has 3 fully saturated rings. The number of piperazine rings is 1. The quantitative estimate of drug-likeness (QED) is 0.214. The minimum Gasteiger partial charge on any atom is -0.387 e. The van der Waals surface area contributed by atoms with Crippen molar-refractivity contribution in [3.8, 4) is 22.4 Å². The highest BCUT2D eigenvalue weighted by Gasteiger charge is 2.39. The molecule has 14 heteroatoms. The van der Waals surface area contributed by atoms with Crippen LogP contribution in [0.5, 0.6) is 0 Å². The summed E-state index contributed by atoms with van der Waals surface area (Å²) in [5.41, 5.74) is 15.8. The summed E-state index contributed by atoms with van der Waals surface area (Å²) >= 11 is 0. The molecule has 304 valence electrons. The van der Waals surface area contributed by atoms with E-state index in [9.17, 15) is 23.6 Å². The van der Waals surface area contributed by atoms with Crippen molar-refractivity contribution >= 4 is 22.5 Å². The maximum absolute atomic E-state index is 14.5. The molecule has 0 saturated carbocycles. The van der Waals surface area contributed by atoms with E-state index in [1.165, 1.54) is 30.0 Å². The Balaban J connectivity index is 1.31. The Labute approximate surface area is 332 Å². The first-order valence-electron chi connectivity index (χ1n) is 20.5. The Morgan fingerprint density at radius 2 is 1.88 bits per heavy atom. The van der Waals surface area contributed by atoms with Crippen LogP contribution in [0.2, 0.25) is 0 Å². The zero-order chi connectivity index (χ0) is 40.2. The SMILES string of the molecule is CCn1c(-c2cc(N3CCN4CCC[C@@H]4C3)cnc2[C@H](C)O)c2c3cc(ccc31)-c1cc(cc(C(F)F)c1)C[C@H](N)C(=O)N1CCC[C@H](N1)[N+](=O)OCC(C)(C)C2. The minimum absolute atomic E-state index is 0.0339. The first-order chi connectivity index (χ1) is 27.3. The second kappa shape index (κ2) is 15.7. The summed E-state index contributed by atoms with van der Waals surface area (Å²) in [6, 6.07) is 12.5. The fourth-order valence-electron chi connectivity index (χ4n) is 9.41. The fraction of sp³-hybridized carbons (Fsp3) is 0.535. The molecule has 2 aromatic carbocycles. The highest BCUT2D eigenvalue weighted by Crippen LogP contribution is 2.43. The van der Waals surface area contributed by atoms with Gasteiger partial charge in [0.1, 0.15) is 0 Å². The Kier molecular flexibility index (Phi) is 10.8. The molecule has 3 saturated heterocycles. The van der Waals surface area contributed by atoms with Gasteiger partial charge in [-0.15, -0.1) is 0 Å². The van der Waals surface area contributed by atoms with Crippen molar-refractivity contribution < 1.29 is 28.4 Å². The van der Waals surface area contributed by atoms with Crippen molar-refractivity contribution in [1.82, 2.24) is 24.9 Å². The van der Waals surface area contributed by atoms with Crippen LogP contribution in [0.15, 0.2) is 48.7 Å². The molecular formula is C43H55F2N8O4+. The minimum atomic E-state index is -2.73. The highest BCUT2D eigenvalue weighted by molar-refractivity contribution is 5.95. The number of carbonyl (C=O) groups is 1. The Morgan fingerprint density at radius 3 is 2.65 bits per heavy atom. The lowest BCUT2D eigenvalue weighted by Crippen LogP contribution is -2.59. The molecule has 6 heterocycles. The van der Waals surface area contributed by atoms with Gasteiger partial charge in [-0.3, -0.25) is 19.7 Å². The maximum atomic E-state index is 14.5. The summed E-state index contributed by atoms with van der Waals surface area (Å²) in [7, 11) is 0. The largest absolute Gasteiger partial charge is 0.387 e. The summed E-state index contributed by atoms with van der Waals surface area (Å²) in [5.74, 6) is -0.422. The first kappa shape index (κ1) is 39.3. The molecule has 6 bridgehead atoms. The Hall–Kier alpha value is -4.50. The molecule has 8 rings (SSSR count). The smallest absolute Gasteiger partial charge is 0.326 e. The first-order valence-corrected chi connectivity index (χ1v) is 20.5. The van der Waals surface area contributed by atoms with Crippen molar-refractivity contribution in [2.75, 3.05) is 44.2 Å². The van der Waals surface area contributed by atoms with Crippen LogP contribution >= 0.6 is 0 Å². The van der Waals surface area contributed by atoms with Gasteiger partial charge < -0.3 is 20.3 Å². The van der Waals surface area contributed by atoms with Crippen molar-refractivity contribution in [3.05, 3.63) is 76.0 Å². The third kappa shape index (κ3) is 7.76. The van der Waals surface area contributed by atoms with E-state index in [-0.39, 0.29) is 18.6 Å². The highest BCUT2D eigenvalue weighted by atomic mass is 19.3. The molecule has 0 unspecified atom stereocenters. The van der Waals surface area contributed by atoms with Crippen LogP contribution in [0.25, 0.3) is 33.3 Å². The number of hydrogen-bond donors (Lipinski definition) is 3. The summed E-state index contributed by atoms with van der Waals surface area (Å²) in [4.78, 5) is 43.4. The Morgan fingerprint density at radius 1 is 1.07 bits per heavy atom. The van der Waals surface area contributed by atoms with E-state index >= 15 is 0 Å². The summed E-state index contributed by atoms with van der Waals surface area (Å²) in [6.45, 7) is 12.9. The van der Waals surface area contributed by atoms with Crippen molar-refractivity contribution in [1.29, 1.82) is 0 Å². The predicted molar refractivity (Wildman–Crippen MR) is 215 cm³/mol. The van der Waals surface area contributed by atoms with Gasteiger partial charge in [0.25, 0.3) is 12.3 Å². The van der Waals surface area contributed by atoms with Crippen LogP contribution in [0.3, 0.4) is 0 Å². The number of halogens is 2. The van der Waals surface area contributed by atoms with Gasteiger partial charge in [-0.05, 0) is 99.0 Å². The molecule has 4 atom stereocenters. The zero-order valence-corrected chi connectivity index (χ0v) is 33.4. The van der Waals surface area contributed by atoms with Gasteiger partial charge >= 0.3 is 6.17 Å². The molecule has 4 aliphatic heterocycles. The fourth-order valence-corrected chi connectivity index (χ4v) is 9.41. The van der Waals surface area contributed by atoms with Gasteiger partial charge in [-0.1, -0.05) is 32.0 Å². The van der Waals surface area contributed by atoms with Crippen LogP contribution in [-0.4, -0.2) is 93.0 Å². The van der Waals surface area contributed by atoms with Crippen LogP contribution in [0.4, 0.5) is 14.5 Å². The lowest BCUT2D eigenvalue weighted by atomic mass is 9.84. The van der Waals surface area contributed by atoms with Crippen LogP contribution in [0, 0.1) is 10.3 Å². The number of aliphatic hydroxyl groups is 1. The predicted octanol–water partition coefficient (Wildman–Crippen LogP) is 6.28. The van der Waals surface area contributed by atoms with E-state index in [4.69, 9.17) is 15.6 Å². The van der Waals surface area contributed by atoms with E-state index in [0.717, 1.165) is 65.2 Å². The normalized spacial score (nSPS) is 23.8. The molecule has 4 aliphatic rings. The number of rotatable bonds is 5.